The van der Waals surface area contributed by atoms with Gasteiger partial charge in [0, 0.05) is 5.92 Å². The Morgan fingerprint density at radius 3 is 1.42 bits per heavy atom. The zero-order valence-electron chi connectivity index (χ0n) is 12.9. The first-order valence-electron chi connectivity index (χ1n) is 6.97. The lowest BCUT2D eigenvalue weighted by molar-refractivity contribution is -0.138. The second-order valence-electron chi connectivity index (χ2n) is 5.21. The maximum Gasteiger partial charge on any atom is 0.416 e. The molecular weight excluding hydrogens is 332 g/mol. The van der Waals surface area contributed by atoms with Gasteiger partial charge in [-0.3, -0.25) is 0 Å². The van der Waals surface area contributed by atoms with Gasteiger partial charge < -0.3 is 6.15 Å². The second kappa shape index (κ2) is 7.25. The third kappa shape index (κ3) is 4.50. The molecule has 132 valence electrons. The molecule has 0 fully saturated rings. The molecule has 0 aliphatic rings. The number of benzene rings is 2. The summed E-state index contributed by atoms with van der Waals surface area (Å²) in [4.78, 5) is 0. The van der Waals surface area contributed by atoms with Gasteiger partial charge >= 0.3 is 12.4 Å². The van der Waals surface area contributed by atoms with Crippen LogP contribution in [0, 0.1) is 0 Å². The van der Waals surface area contributed by atoms with Crippen molar-refractivity contribution in [1.82, 2.24) is 6.15 Å². The first kappa shape index (κ1) is 20.0. The normalized spacial score (nSPS) is 12.2. The Bertz CT molecular complexity index is 618. The topological polar surface area (TPSA) is 35.0 Å². The first-order chi connectivity index (χ1) is 10.6. The van der Waals surface area contributed by atoms with Gasteiger partial charge in [0.15, 0.2) is 0 Å². The number of rotatable bonds is 3. The molecule has 0 atom stereocenters. The molecule has 7 heteroatoms. The van der Waals surface area contributed by atoms with Crippen LogP contribution in [0.25, 0.3) is 0 Å². The summed E-state index contributed by atoms with van der Waals surface area (Å²) in [6, 6.07) is 9.43. The van der Waals surface area contributed by atoms with Crippen molar-refractivity contribution in [3.63, 3.8) is 0 Å². The van der Waals surface area contributed by atoms with Gasteiger partial charge in [-0.1, -0.05) is 43.3 Å². The van der Waals surface area contributed by atoms with E-state index in [1.54, 1.807) is 6.92 Å². The van der Waals surface area contributed by atoms with E-state index in [0.29, 0.717) is 17.5 Å². The van der Waals surface area contributed by atoms with Gasteiger partial charge in [-0.2, -0.15) is 26.3 Å². The van der Waals surface area contributed by atoms with Crippen LogP contribution >= 0.6 is 0 Å². The van der Waals surface area contributed by atoms with Gasteiger partial charge in [-0.05, 0) is 29.7 Å². The maximum absolute atomic E-state index is 12.8. The number of hydrogen-bond acceptors (Lipinski definition) is 1. The Labute approximate surface area is 135 Å². The van der Waals surface area contributed by atoms with Crippen LogP contribution in [0.4, 0.5) is 26.3 Å². The summed E-state index contributed by atoms with van der Waals surface area (Å²) in [5.74, 6) is -0.528. The molecule has 2 aromatic rings. The molecule has 0 unspecified atom stereocenters. The smallest absolute Gasteiger partial charge is 0.344 e. The van der Waals surface area contributed by atoms with E-state index in [2.05, 4.69) is 0 Å². The van der Waals surface area contributed by atoms with Gasteiger partial charge in [0.25, 0.3) is 0 Å². The second-order valence-corrected chi connectivity index (χ2v) is 5.21. The molecule has 0 aliphatic carbocycles. The fourth-order valence-corrected chi connectivity index (χ4v) is 2.53. The highest BCUT2D eigenvalue weighted by Gasteiger charge is 2.32. The molecule has 0 amide bonds. The van der Waals surface area contributed by atoms with Crippen molar-refractivity contribution in [2.45, 2.75) is 31.6 Å². The lowest BCUT2D eigenvalue weighted by Gasteiger charge is -2.19. The predicted octanol–water partition coefficient (Wildman–Crippen LogP) is 6.43. The van der Waals surface area contributed by atoms with E-state index < -0.39 is 29.4 Å². The number of halogens is 6. The Balaban J connectivity index is 0.00000288. The minimum Gasteiger partial charge on any atom is -0.344 e. The molecule has 0 heterocycles. The van der Waals surface area contributed by atoms with Crippen LogP contribution in [0.15, 0.2) is 48.5 Å². The van der Waals surface area contributed by atoms with Crippen molar-refractivity contribution < 1.29 is 26.3 Å². The molecule has 0 aliphatic heterocycles. The minimum absolute atomic E-state index is 0. The molecule has 2 aromatic carbocycles. The van der Waals surface area contributed by atoms with E-state index in [4.69, 9.17) is 0 Å². The van der Waals surface area contributed by atoms with Gasteiger partial charge in [-0.25, -0.2) is 0 Å². The molecule has 0 saturated carbocycles. The monoisotopic (exact) mass is 349 g/mol. The fraction of sp³-hybridized carbons (Fsp3) is 0.294. The van der Waals surface area contributed by atoms with Gasteiger partial charge in [0.1, 0.15) is 0 Å². The Kier molecular flexibility index (Phi) is 6.05. The number of alkyl halides is 6. The molecule has 2 rings (SSSR count). The third-order valence-electron chi connectivity index (χ3n) is 3.64. The zero-order valence-corrected chi connectivity index (χ0v) is 12.9. The van der Waals surface area contributed by atoms with Crippen LogP contribution in [0.3, 0.4) is 0 Å². The van der Waals surface area contributed by atoms with Crippen molar-refractivity contribution in [1.29, 1.82) is 0 Å². The zero-order chi connectivity index (χ0) is 17.3. The van der Waals surface area contributed by atoms with Gasteiger partial charge in [0.05, 0.1) is 11.1 Å². The van der Waals surface area contributed by atoms with Crippen molar-refractivity contribution in [3.05, 3.63) is 70.8 Å². The molecule has 0 aromatic heterocycles. The highest BCUT2D eigenvalue weighted by molar-refractivity contribution is 5.38. The Hall–Kier alpha value is -2.02. The van der Waals surface area contributed by atoms with E-state index in [9.17, 15) is 26.3 Å². The van der Waals surface area contributed by atoms with Crippen LogP contribution in [0.2, 0.25) is 0 Å². The number of hydrogen-bond donors (Lipinski definition) is 1. The summed E-state index contributed by atoms with van der Waals surface area (Å²) >= 11 is 0. The molecule has 0 spiro atoms. The van der Waals surface area contributed by atoms with Crippen LogP contribution in [0.1, 0.15) is 41.5 Å². The van der Waals surface area contributed by atoms with Crippen LogP contribution in [-0.2, 0) is 12.4 Å². The van der Waals surface area contributed by atoms with E-state index in [-0.39, 0.29) is 6.15 Å². The lowest BCUT2D eigenvalue weighted by atomic mass is 9.87. The highest BCUT2D eigenvalue weighted by Crippen LogP contribution is 2.36. The van der Waals surface area contributed by atoms with E-state index in [0.717, 1.165) is 24.3 Å². The summed E-state index contributed by atoms with van der Waals surface area (Å²) in [5, 5.41) is 0. The van der Waals surface area contributed by atoms with E-state index >= 15 is 0 Å². The molecule has 3 N–H and O–H groups in total. The predicted molar refractivity (Wildman–Crippen MR) is 80.0 cm³/mol. The van der Waals surface area contributed by atoms with Crippen molar-refractivity contribution >= 4 is 0 Å². The molecule has 0 radical (unpaired) electrons. The Morgan fingerprint density at radius 2 is 1.12 bits per heavy atom. The molecular formula is C17H17F6N. The SMILES string of the molecule is CCC(c1cccc(C(F)(F)F)c1)c1cccc(C(F)(F)F)c1.N. The quantitative estimate of drug-likeness (QED) is 0.637. The fourth-order valence-electron chi connectivity index (χ4n) is 2.53. The van der Waals surface area contributed by atoms with Crippen molar-refractivity contribution in [3.8, 4) is 0 Å². The molecule has 24 heavy (non-hydrogen) atoms. The minimum atomic E-state index is -4.48. The largest absolute Gasteiger partial charge is 0.416 e. The average Bonchev–Trinajstić information content (AvgIpc) is 2.47. The lowest BCUT2D eigenvalue weighted by Crippen LogP contribution is -2.09. The van der Waals surface area contributed by atoms with Crippen LogP contribution in [-0.4, -0.2) is 0 Å². The Morgan fingerprint density at radius 1 is 0.750 bits per heavy atom. The summed E-state index contributed by atoms with van der Waals surface area (Å²) < 4.78 is 76.9. The summed E-state index contributed by atoms with van der Waals surface area (Å²) in [5.41, 5.74) is -0.913. The van der Waals surface area contributed by atoms with Crippen LogP contribution < -0.4 is 6.15 Å². The van der Waals surface area contributed by atoms with Gasteiger partial charge in [-0.15, -0.1) is 0 Å². The van der Waals surface area contributed by atoms with Crippen molar-refractivity contribution in [2.24, 2.45) is 0 Å². The highest BCUT2D eigenvalue weighted by atomic mass is 19.4. The third-order valence-corrected chi connectivity index (χ3v) is 3.64. The van der Waals surface area contributed by atoms with Crippen LogP contribution in [0.5, 0.6) is 0 Å². The molecule has 0 saturated heterocycles. The molecule has 1 nitrogen and oxygen atoms in total. The summed E-state index contributed by atoms with van der Waals surface area (Å²) in [6.07, 6.45) is -8.58. The maximum atomic E-state index is 12.8. The van der Waals surface area contributed by atoms with E-state index in [1.807, 2.05) is 0 Å². The standard InChI is InChI=1S/C17H14F6.H3N/c1-2-15(11-5-3-7-13(9-11)16(18,19)20)12-6-4-8-14(10-12)17(21,22)23;/h3-10,15H,2H2,1H3;1H3. The summed E-state index contributed by atoms with van der Waals surface area (Å²) in [6.45, 7) is 1.73. The van der Waals surface area contributed by atoms with E-state index in [1.165, 1.54) is 24.3 Å². The molecule has 0 bridgehead atoms. The van der Waals surface area contributed by atoms with Gasteiger partial charge in [0.2, 0.25) is 0 Å². The first-order valence-corrected chi connectivity index (χ1v) is 6.97. The summed E-state index contributed by atoms with van der Waals surface area (Å²) in [7, 11) is 0. The van der Waals surface area contributed by atoms with Crippen molar-refractivity contribution in [2.75, 3.05) is 0 Å². The average molecular weight is 349 g/mol.